The Bertz CT molecular complexity index is 1040. The van der Waals surface area contributed by atoms with Gasteiger partial charge in [0.1, 0.15) is 11.6 Å². The second kappa shape index (κ2) is 16.4. The Morgan fingerprint density at radius 1 is 1.00 bits per heavy atom. The summed E-state index contributed by atoms with van der Waals surface area (Å²) in [6, 6.07) is 4.46. The van der Waals surface area contributed by atoms with Crippen molar-refractivity contribution in [2.75, 3.05) is 13.2 Å². The van der Waals surface area contributed by atoms with E-state index in [1.54, 1.807) is 6.92 Å². The van der Waals surface area contributed by atoms with E-state index < -0.39 is 0 Å². The smallest absolute Gasteiger partial charge is 0.222 e. The molecule has 39 heavy (non-hydrogen) atoms. The van der Waals surface area contributed by atoms with Crippen LogP contribution in [-0.2, 0) is 33.6 Å². The van der Waals surface area contributed by atoms with Gasteiger partial charge in [0.15, 0.2) is 0 Å². The van der Waals surface area contributed by atoms with Crippen LogP contribution in [0.1, 0.15) is 113 Å². The van der Waals surface area contributed by atoms with Crippen LogP contribution in [0.3, 0.4) is 0 Å². The third-order valence-corrected chi connectivity index (χ3v) is 7.57. The summed E-state index contributed by atoms with van der Waals surface area (Å²) in [7, 11) is 0. The number of aryl methyl sites for hydroxylation is 4. The largest absolute Gasteiger partial charge is 0.381 e. The minimum absolute atomic E-state index is 0.0372. The lowest BCUT2D eigenvalue weighted by Gasteiger charge is -2.21. The number of ether oxygens (including phenoxy) is 1. The zero-order chi connectivity index (χ0) is 28.0. The normalized spacial score (nSPS) is 14.6. The van der Waals surface area contributed by atoms with Gasteiger partial charge >= 0.3 is 0 Å². The molecular weight excluding hydrogens is 488 g/mol. The van der Waals surface area contributed by atoms with Gasteiger partial charge in [0.2, 0.25) is 5.91 Å². The number of rotatable bonds is 17. The molecular formula is C32H48N4O3. The molecule has 7 heteroatoms. The van der Waals surface area contributed by atoms with E-state index in [4.69, 9.17) is 9.72 Å². The number of ketones is 1. The highest BCUT2D eigenvalue weighted by Crippen LogP contribution is 2.26. The lowest BCUT2D eigenvalue weighted by Crippen LogP contribution is -2.36. The molecule has 0 radical (unpaired) electrons. The lowest BCUT2D eigenvalue weighted by atomic mass is 9.89. The number of aromatic nitrogens is 3. The van der Waals surface area contributed by atoms with E-state index in [9.17, 15) is 9.59 Å². The Morgan fingerprint density at radius 2 is 1.77 bits per heavy atom. The molecule has 2 atom stereocenters. The molecule has 7 nitrogen and oxygen atoms in total. The topological polar surface area (TPSA) is 94.1 Å². The average molecular weight is 537 g/mol. The number of hydrogen-bond donors (Lipinski definition) is 1. The zero-order valence-electron chi connectivity index (χ0n) is 24.5. The number of carbonyl (C=O) groups is 2. The van der Waals surface area contributed by atoms with Crippen LogP contribution < -0.4 is 5.32 Å². The van der Waals surface area contributed by atoms with E-state index in [-0.39, 0.29) is 23.7 Å². The molecule has 0 bridgehead atoms. The van der Waals surface area contributed by atoms with Crippen molar-refractivity contribution >= 4 is 11.7 Å². The summed E-state index contributed by atoms with van der Waals surface area (Å²) in [5, 5.41) is 3.27. The van der Waals surface area contributed by atoms with Crippen LogP contribution in [0, 0.1) is 12.8 Å². The fraction of sp³-hybridized carbons (Fsp3) is 0.656. The lowest BCUT2D eigenvalue weighted by molar-refractivity contribution is -0.123. The Labute approximate surface area is 235 Å². The summed E-state index contributed by atoms with van der Waals surface area (Å²) in [5.74, 6) is 1.62. The predicted molar refractivity (Wildman–Crippen MR) is 155 cm³/mol. The van der Waals surface area contributed by atoms with Crippen molar-refractivity contribution in [2.24, 2.45) is 5.92 Å². The molecule has 2 aromatic rings. The molecule has 0 fully saturated rings. The number of fused-ring (bicyclic) bond motifs is 1. The first kappa shape index (κ1) is 30.9. The SMILES string of the molecule is CC(=O)C[C@@H](CCCC(CCc1ccc2c(n1)CCCC2)NC(=O)CCOCCC(C)C)c1cnc(C)nc1. The van der Waals surface area contributed by atoms with Crippen LogP contribution in [0.25, 0.3) is 0 Å². The summed E-state index contributed by atoms with van der Waals surface area (Å²) < 4.78 is 5.67. The van der Waals surface area contributed by atoms with Gasteiger partial charge < -0.3 is 14.8 Å². The number of amides is 1. The molecule has 0 saturated carbocycles. The molecule has 1 aliphatic carbocycles. The van der Waals surface area contributed by atoms with Crippen molar-refractivity contribution in [1.82, 2.24) is 20.3 Å². The summed E-state index contributed by atoms with van der Waals surface area (Å²) in [5.41, 5.74) is 4.76. The highest BCUT2D eigenvalue weighted by atomic mass is 16.5. The molecule has 2 heterocycles. The highest BCUT2D eigenvalue weighted by Gasteiger charge is 2.19. The number of pyridine rings is 1. The van der Waals surface area contributed by atoms with E-state index in [0.29, 0.717) is 32.0 Å². The molecule has 1 aliphatic rings. The monoisotopic (exact) mass is 536 g/mol. The fourth-order valence-electron chi connectivity index (χ4n) is 5.22. The van der Waals surface area contributed by atoms with Crippen LogP contribution in [-0.4, -0.2) is 45.9 Å². The summed E-state index contributed by atoms with van der Waals surface area (Å²) in [4.78, 5) is 38.4. The molecule has 2 aromatic heterocycles. The van der Waals surface area contributed by atoms with E-state index in [2.05, 4.69) is 41.3 Å². The van der Waals surface area contributed by atoms with Crippen molar-refractivity contribution in [3.8, 4) is 0 Å². The Hall–Kier alpha value is -2.67. The van der Waals surface area contributed by atoms with Crippen LogP contribution >= 0.6 is 0 Å². The molecule has 214 valence electrons. The maximum Gasteiger partial charge on any atom is 0.222 e. The average Bonchev–Trinajstić information content (AvgIpc) is 2.90. The highest BCUT2D eigenvalue weighted by molar-refractivity contribution is 5.76. The maximum atomic E-state index is 12.8. The van der Waals surface area contributed by atoms with Gasteiger partial charge in [-0.05, 0) is 101 Å². The molecule has 0 saturated heterocycles. The molecule has 1 unspecified atom stereocenters. The van der Waals surface area contributed by atoms with E-state index in [1.165, 1.54) is 24.1 Å². The predicted octanol–water partition coefficient (Wildman–Crippen LogP) is 5.86. The van der Waals surface area contributed by atoms with Crippen LogP contribution in [0.4, 0.5) is 0 Å². The fourth-order valence-corrected chi connectivity index (χ4v) is 5.22. The minimum Gasteiger partial charge on any atom is -0.381 e. The van der Waals surface area contributed by atoms with Crippen LogP contribution in [0.5, 0.6) is 0 Å². The van der Waals surface area contributed by atoms with Crippen molar-refractivity contribution < 1.29 is 14.3 Å². The van der Waals surface area contributed by atoms with Crippen molar-refractivity contribution in [2.45, 2.75) is 117 Å². The van der Waals surface area contributed by atoms with Gasteiger partial charge in [-0.1, -0.05) is 26.3 Å². The number of hydrogen-bond acceptors (Lipinski definition) is 6. The zero-order valence-corrected chi connectivity index (χ0v) is 24.5. The number of nitrogens with one attached hydrogen (secondary N) is 1. The van der Waals surface area contributed by atoms with E-state index >= 15 is 0 Å². The van der Waals surface area contributed by atoms with Gasteiger partial charge in [-0.2, -0.15) is 0 Å². The first-order valence-electron chi connectivity index (χ1n) is 14.9. The van der Waals surface area contributed by atoms with E-state index in [0.717, 1.165) is 68.4 Å². The Kier molecular flexibility index (Phi) is 13.0. The summed E-state index contributed by atoms with van der Waals surface area (Å²) in [6.07, 6.45) is 14.5. The maximum absolute atomic E-state index is 12.8. The second-order valence-electron chi connectivity index (χ2n) is 11.6. The standard InChI is InChI=1S/C32H48N4O3/c1-23(2)16-18-39-19-17-32(38)36-29(14-15-30-13-12-26-8-5-6-11-31(26)35-30)10-7-9-27(20-24(3)37)28-21-33-25(4)34-22-28/h12-13,21-23,27,29H,5-11,14-20H2,1-4H3,(H,36,38)/t27-,29?/m1/s1. The molecule has 1 N–H and O–H groups in total. The van der Waals surface area contributed by atoms with Gasteiger partial charge in [0.05, 0.1) is 6.61 Å². The number of Topliss-reactive ketones (excluding diaryl/α,β-unsaturated/α-hetero) is 1. The van der Waals surface area contributed by atoms with Crippen LogP contribution in [0.2, 0.25) is 0 Å². The minimum atomic E-state index is 0.0372. The van der Waals surface area contributed by atoms with Crippen molar-refractivity contribution in [3.63, 3.8) is 0 Å². The second-order valence-corrected chi connectivity index (χ2v) is 11.6. The Balaban J connectivity index is 1.57. The molecule has 0 spiro atoms. The number of nitrogens with zero attached hydrogens (tertiary/aromatic N) is 3. The van der Waals surface area contributed by atoms with Gasteiger partial charge in [-0.15, -0.1) is 0 Å². The van der Waals surface area contributed by atoms with E-state index in [1.807, 2.05) is 19.3 Å². The third kappa shape index (κ3) is 11.5. The molecule has 3 rings (SSSR count). The van der Waals surface area contributed by atoms with Gasteiger partial charge in [-0.25, -0.2) is 9.97 Å². The molecule has 1 amide bonds. The summed E-state index contributed by atoms with van der Waals surface area (Å²) in [6.45, 7) is 8.99. The van der Waals surface area contributed by atoms with Crippen LogP contribution in [0.15, 0.2) is 24.5 Å². The first-order valence-corrected chi connectivity index (χ1v) is 14.9. The Morgan fingerprint density at radius 3 is 2.51 bits per heavy atom. The van der Waals surface area contributed by atoms with Gasteiger partial charge in [0.25, 0.3) is 0 Å². The molecule has 0 aliphatic heterocycles. The van der Waals surface area contributed by atoms with Gasteiger partial charge in [0, 0.05) is 49.3 Å². The first-order chi connectivity index (χ1) is 18.8. The van der Waals surface area contributed by atoms with Gasteiger partial charge in [-0.3, -0.25) is 9.78 Å². The summed E-state index contributed by atoms with van der Waals surface area (Å²) >= 11 is 0. The van der Waals surface area contributed by atoms with Crippen molar-refractivity contribution in [1.29, 1.82) is 0 Å². The molecule has 0 aromatic carbocycles. The quantitative estimate of drug-likeness (QED) is 0.254. The third-order valence-electron chi connectivity index (χ3n) is 7.57. The number of carbonyl (C=O) groups excluding carboxylic acids is 2. The van der Waals surface area contributed by atoms with Crippen molar-refractivity contribution in [3.05, 3.63) is 52.9 Å².